The van der Waals surface area contributed by atoms with Crippen molar-refractivity contribution in [1.82, 2.24) is 9.88 Å². The third-order valence-corrected chi connectivity index (χ3v) is 6.31. The lowest BCUT2D eigenvalue weighted by Gasteiger charge is -2.36. The van der Waals surface area contributed by atoms with Gasteiger partial charge in [-0.15, -0.1) is 0 Å². The van der Waals surface area contributed by atoms with Crippen molar-refractivity contribution in [3.8, 4) is 5.75 Å². The smallest absolute Gasteiger partial charge is 0.223 e. The number of amides is 1. The molecule has 0 saturated carbocycles. The van der Waals surface area contributed by atoms with E-state index in [0.717, 1.165) is 35.4 Å². The van der Waals surface area contributed by atoms with Crippen LogP contribution in [-0.2, 0) is 17.6 Å². The van der Waals surface area contributed by atoms with Gasteiger partial charge in [0.1, 0.15) is 5.75 Å². The topological polar surface area (TPSA) is 45.3 Å². The zero-order chi connectivity index (χ0) is 21.9. The number of fused-ring (bicyclic) bond motifs is 3. The molecule has 0 bridgehead atoms. The Hall–Kier alpha value is -3.53. The van der Waals surface area contributed by atoms with Crippen LogP contribution in [0.5, 0.6) is 5.75 Å². The number of H-pyrrole nitrogens is 1. The number of aromatic amines is 1. The van der Waals surface area contributed by atoms with Crippen LogP contribution in [0.25, 0.3) is 10.9 Å². The molecule has 162 valence electrons. The van der Waals surface area contributed by atoms with Crippen LogP contribution < -0.4 is 4.74 Å². The van der Waals surface area contributed by atoms with E-state index in [-0.39, 0.29) is 11.9 Å². The maximum atomic E-state index is 13.5. The summed E-state index contributed by atoms with van der Waals surface area (Å²) in [5, 5.41) is 1.25. The van der Waals surface area contributed by atoms with Crippen molar-refractivity contribution in [3.63, 3.8) is 0 Å². The van der Waals surface area contributed by atoms with Crippen molar-refractivity contribution in [3.05, 3.63) is 101 Å². The highest BCUT2D eigenvalue weighted by Gasteiger charge is 2.34. The van der Waals surface area contributed by atoms with E-state index in [0.29, 0.717) is 19.6 Å². The molecule has 4 nitrogen and oxygen atoms in total. The number of hydrogen-bond acceptors (Lipinski definition) is 2. The molecular formula is C28H28N2O2. The Kier molecular flexibility index (Phi) is 5.68. The fourth-order valence-corrected chi connectivity index (χ4v) is 4.84. The number of rotatable bonds is 6. The SMILES string of the molecule is CCOc1cccc(C2c3[nH]c4ccccc4c3CCN2C(=O)CCc2ccccc2)c1. The van der Waals surface area contributed by atoms with E-state index in [4.69, 9.17) is 4.74 Å². The van der Waals surface area contributed by atoms with Gasteiger partial charge in [-0.25, -0.2) is 0 Å². The first-order valence-electron chi connectivity index (χ1n) is 11.4. The average molecular weight is 425 g/mol. The van der Waals surface area contributed by atoms with Crippen molar-refractivity contribution in [1.29, 1.82) is 0 Å². The number of para-hydroxylation sites is 1. The van der Waals surface area contributed by atoms with Crippen LogP contribution in [0.2, 0.25) is 0 Å². The number of carbonyl (C=O) groups excluding carboxylic acids is 1. The first-order valence-corrected chi connectivity index (χ1v) is 11.4. The summed E-state index contributed by atoms with van der Waals surface area (Å²) in [5.41, 5.74) is 5.84. The van der Waals surface area contributed by atoms with Gasteiger partial charge in [0, 0.05) is 29.6 Å². The van der Waals surface area contributed by atoms with E-state index >= 15 is 0 Å². The number of ether oxygens (including phenoxy) is 1. The fourth-order valence-electron chi connectivity index (χ4n) is 4.84. The third-order valence-electron chi connectivity index (χ3n) is 6.31. The van der Waals surface area contributed by atoms with E-state index in [1.165, 1.54) is 16.5 Å². The number of nitrogens with zero attached hydrogens (tertiary/aromatic N) is 1. The van der Waals surface area contributed by atoms with Crippen LogP contribution >= 0.6 is 0 Å². The van der Waals surface area contributed by atoms with Crippen LogP contribution in [0, 0.1) is 0 Å². The molecule has 1 unspecified atom stereocenters. The van der Waals surface area contributed by atoms with E-state index in [9.17, 15) is 4.79 Å². The minimum absolute atomic E-state index is 0.144. The van der Waals surface area contributed by atoms with Gasteiger partial charge in [0.2, 0.25) is 5.91 Å². The molecule has 2 heterocycles. The van der Waals surface area contributed by atoms with Crippen LogP contribution in [0.4, 0.5) is 0 Å². The number of nitrogens with one attached hydrogen (secondary N) is 1. The molecule has 0 fully saturated rings. The fraction of sp³-hybridized carbons (Fsp3) is 0.250. The first kappa shape index (κ1) is 20.4. The summed E-state index contributed by atoms with van der Waals surface area (Å²) in [6, 6.07) is 26.7. The van der Waals surface area contributed by atoms with Crippen molar-refractivity contribution in [2.24, 2.45) is 0 Å². The molecule has 0 radical (unpaired) electrons. The molecule has 5 rings (SSSR count). The highest BCUT2D eigenvalue weighted by atomic mass is 16.5. The first-order chi connectivity index (χ1) is 15.7. The molecule has 1 aromatic heterocycles. The molecule has 1 aliphatic heterocycles. The number of aryl methyl sites for hydroxylation is 1. The third kappa shape index (κ3) is 3.89. The predicted octanol–water partition coefficient (Wildman–Crippen LogP) is 5.67. The molecule has 1 amide bonds. The molecule has 0 spiro atoms. The van der Waals surface area contributed by atoms with Crippen molar-refractivity contribution >= 4 is 16.8 Å². The molecule has 1 aliphatic rings. The van der Waals surface area contributed by atoms with E-state index in [1.54, 1.807) is 0 Å². The normalized spacial score (nSPS) is 15.5. The Balaban J connectivity index is 1.52. The number of aromatic nitrogens is 1. The highest BCUT2D eigenvalue weighted by molar-refractivity contribution is 5.86. The van der Waals surface area contributed by atoms with Gasteiger partial charge in [0.05, 0.1) is 12.6 Å². The molecule has 3 aromatic carbocycles. The summed E-state index contributed by atoms with van der Waals surface area (Å²) < 4.78 is 5.77. The second-order valence-electron chi connectivity index (χ2n) is 8.29. The Morgan fingerprint density at radius 2 is 1.84 bits per heavy atom. The second-order valence-corrected chi connectivity index (χ2v) is 8.29. The number of benzene rings is 3. The maximum Gasteiger partial charge on any atom is 0.223 e. The van der Waals surface area contributed by atoms with Gasteiger partial charge in [-0.1, -0.05) is 60.7 Å². The van der Waals surface area contributed by atoms with Gasteiger partial charge < -0.3 is 14.6 Å². The van der Waals surface area contributed by atoms with Crippen molar-refractivity contribution < 1.29 is 9.53 Å². The summed E-state index contributed by atoms with van der Waals surface area (Å²) in [6.45, 7) is 3.32. The highest BCUT2D eigenvalue weighted by Crippen LogP contribution is 2.39. The number of carbonyl (C=O) groups is 1. The van der Waals surface area contributed by atoms with Crippen LogP contribution in [0.3, 0.4) is 0 Å². The number of hydrogen-bond donors (Lipinski definition) is 1. The molecule has 0 aliphatic carbocycles. The lowest BCUT2D eigenvalue weighted by molar-refractivity contribution is -0.133. The van der Waals surface area contributed by atoms with Gasteiger partial charge in [0.25, 0.3) is 0 Å². The van der Waals surface area contributed by atoms with E-state index in [1.807, 2.05) is 42.2 Å². The maximum absolute atomic E-state index is 13.5. The Labute approximate surface area is 188 Å². The van der Waals surface area contributed by atoms with E-state index in [2.05, 4.69) is 53.5 Å². The second kappa shape index (κ2) is 8.91. The molecule has 1 N–H and O–H groups in total. The zero-order valence-electron chi connectivity index (χ0n) is 18.4. The summed E-state index contributed by atoms with van der Waals surface area (Å²) >= 11 is 0. The Bertz CT molecular complexity index is 1230. The van der Waals surface area contributed by atoms with Gasteiger partial charge in [-0.3, -0.25) is 4.79 Å². The Morgan fingerprint density at radius 1 is 1.03 bits per heavy atom. The van der Waals surface area contributed by atoms with Gasteiger partial charge in [-0.05, 0) is 54.7 Å². The molecule has 4 heteroatoms. The summed E-state index contributed by atoms with van der Waals surface area (Å²) in [4.78, 5) is 19.2. The molecule has 1 atom stereocenters. The average Bonchev–Trinajstić information content (AvgIpc) is 3.22. The lowest BCUT2D eigenvalue weighted by atomic mass is 9.91. The quantitative estimate of drug-likeness (QED) is 0.433. The van der Waals surface area contributed by atoms with Crippen molar-refractivity contribution in [2.45, 2.75) is 32.2 Å². The van der Waals surface area contributed by atoms with Crippen LogP contribution in [0.1, 0.15) is 41.8 Å². The minimum Gasteiger partial charge on any atom is -0.494 e. The van der Waals surface area contributed by atoms with Crippen molar-refractivity contribution in [2.75, 3.05) is 13.2 Å². The molecule has 32 heavy (non-hydrogen) atoms. The largest absolute Gasteiger partial charge is 0.494 e. The molecular weight excluding hydrogens is 396 g/mol. The van der Waals surface area contributed by atoms with Gasteiger partial charge in [-0.2, -0.15) is 0 Å². The van der Waals surface area contributed by atoms with E-state index < -0.39 is 0 Å². The van der Waals surface area contributed by atoms with Gasteiger partial charge >= 0.3 is 0 Å². The minimum atomic E-state index is -0.144. The zero-order valence-corrected chi connectivity index (χ0v) is 18.4. The summed E-state index contributed by atoms with van der Waals surface area (Å²) in [5.74, 6) is 1.02. The molecule has 4 aromatic rings. The standard InChI is InChI=1S/C28H28N2O2/c1-2-32-22-12-8-11-21(19-22)28-27-24(23-13-6-7-14-25(23)29-27)17-18-30(28)26(31)16-15-20-9-4-3-5-10-20/h3-14,19,28-29H,2,15-18H2,1H3. The van der Waals surface area contributed by atoms with Crippen LogP contribution in [-0.4, -0.2) is 28.9 Å². The lowest BCUT2D eigenvalue weighted by Crippen LogP contribution is -2.40. The Morgan fingerprint density at radius 3 is 2.69 bits per heavy atom. The summed E-state index contributed by atoms with van der Waals surface area (Å²) in [7, 11) is 0. The van der Waals surface area contributed by atoms with Gasteiger partial charge in [0.15, 0.2) is 0 Å². The predicted molar refractivity (Wildman–Crippen MR) is 128 cm³/mol. The monoisotopic (exact) mass is 424 g/mol. The summed E-state index contributed by atoms with van der Waals surface area (Å²) in [6.07, 6.45) is 2.11. The molecule has 0 saturated heterocycles. The van der Waals surface area contributed by atoms with Crippen LogP contribution in [0.15, 0.2) is 78.9 Å².